The first-order valence-electron chi connectivity index (χ1n) is 3.69. The highest BCUT2D eigenvalue weighted by molar-refractivity contribution is 7.15. The summed E-state index contributed by atoms with van der Waals surface area (Å²) in [6.07, 6.45) is 0. The van der Waals surface area contributed by atoms with E-state index in [2.05, 4.69) is 0 Å². The molecular formula is C9H7NOS2. The molecule has 0 fully saturated rings. The Morgan fingerprint density at radius 1 is 1.38 bits per heavy atom. The molecule has 2 N–H and O–H groups in total. The van der Waals surface area contributed by atoms with Crippen molar-refractivity contribution in [3.05, 3.63) is 33.8 Å². The van der Waals surface area contributed by atoms with Gasteiger partial charge in [0.05, 0.1) is 4.88 Å². The molecule has 0 aliphatic carbocycles. The van der Waals surface area contributed by atoms with Crippen LogP contribution in [0.1, 0.15) is 9.67 Å². The first-order chi connectivity index (χ1) is 6.27. The largest absolute Gasteiger partial charge is 0.365 e. The van der Waals surface area contributed by atoms with Gasteiger partial charge < -0.3 is 5.73 Å². The van der Waals surface area contributed by atoms with Gasteiger partial charge in [0.2, 0.25) is 0 Å². The van der Waals surface area contributed by atoms with Crippen molar-refractivity contribution in [3.63, 3.8) is 0 Å². The lowest BCUT2D eigenvalue weighted by molar-refractivity contribution is 0.100. The monoisotopic (exact) mass is 209 g/mol. The molecule has 0 saturated carbocycles. The van der Waals surface area contributed by atoms with Crippen molar-refractivity contribution in [2.24, 2.45) is 5.73 Å². The number of amides is 1. The second kappa shape index (κ2) is 3.32. The molecule has 0 aliphatic rings. The average molecular weight is 209 g/mol. The Morgan fingerprint density at radius 2 is 2.23 bits per heavy atom. The molecule has 13 heavy (non-hydrogen) atoms. The Hall–Kier alpha value is -1.13. The fraction of sp³-hybridized carbons (Fsp3) is 0. The fourth-order valence-corrected chi connectivity index (χ4v) is 2.59. The standard InChI is InChI=1S/C9H7NOS2/c10-9(11)8-4-6(5-13-8)7-2-1-3-12-7/h1-5H,(H2,10,11). The molecule has 66 valence electrons. The quantitative estimate of drug-likeness (QED) is 0.811. The normalized spacial score (nSPS) is 10.2. The van der Waals surface area contributed by atoms with Crippen molar-refractivity contribution in [2.75, 3.05) is 0 Å². The van der Waals surface area contributed by atoms with Crippen LogP contribution in [0.2, 0.25) is 0 Å². The van der Waals surface area contributed by atoms with Crippen molar-refractivity contribution >= 4 is 28.6 Å². The van der Waals surface area contributed by atoms with Gasteiger partial charge >= 0.3 is 0 Å². The zero-order chi connectivity index (χ0) is 9.26. The van der Waals surface area contributed by atoms with Gasteiger partial charge in [0.15, 0.2) is 0 Å². The van der Waals surface area contributed by atoms with Crippen molar-refractivity contribution in [1.29, 1.82) is 0 Å². The summed E-state index contributed by atoms with van der Waals surface area (Å²) < 4.78 is 0. The summed E-state index contributed by atoms with van der Waals surface area (Å²) in [4.78, 5) is 12.6. The summed E-state index contributed by atoms with van der Waals surface area (Å²) in [5.74, 6) is -0.354. The van der Waals surface area contributed by atoms with Crippen LogP contribution < -0.4 is 5.73 Å². The molecule has 0 atom stereocenters. The topological polar surface area (TPSA) is 43.1 Å². The highest BCUT2D eigenvalue weighted by Crippen LogP contribution is 2.28. The second-order valence-electron chi connectivity index (χ2n) is 2.54. The van der Waals surface area contributed by atoms with E-state index in [1.54, 1.807) is 11.3 Å². The zero-order valence-corrected chi connectivity index (χ0v) is 8.32. The van der Waals surface area contributed by atoms with Gasteiger partial charge in [-0.1, -0.05) is 6.07 Å². The van der Waals surface area contributed by atoms with Gasteiger partial charge in [-0.05, 0) is 17.5 Å². The lowest BCUT2D eigenvalue weighted by atomic mass is 10.2. The molecule has 0 bridgehead atoms. The summed E-state index contributed by atoms with van der Waals surface area (Å²) in [6, 6.07) is 5.85. The number of hydrogen-bond donors (Lipinski definition) is 1. The first kappa shape index (κ1) is 8.47. The predicted octanol–water partition coefficient (Wildman–Crippen LogP) is 2.58. The number of nitrogens with two attached hydrogens (primary N) is 1. The van der Waals surface area contributed by atoms with Gasteiger partial charge in [-0.2, -0.15) is 0 Å². The molecule has 2 heterocycles. The molecule has 0 unspecified atom stereocenters. The van der Waals surface area contributed by atoms with E-state index in [0.29, 0.717) is 4.88 Å². The minimum absolute atomic E-state index is 0.354. The van der Waals surface area contributed by atoms with Crippen LogP contribution in [0.25, 0.3) is 10.4 Å². The van der Waals surface area contributed by atoms with Crippen molar-refractivity contribution in [1.82, 2.24) is 0 Å². The third-order valence-corrected chi connectivity index (χ3v) is 3.51. The Morgan fingerprint density at radius 3 is 2.77 bits per heavy atom. The van der Waals surface area contributed by atoms with Crippen molar-refractivity contribution in [2.45, 2.75) is 0 Å². The minimum Gasteiger partial charge on any atom is -0.365 e. The van der Waals surface area contributed by atoms with Gasteiger partial charge in [0, 0.05) is 15.8 Å². The van der Waals surface area contributed by atoms with E-state index in [1.807, 2.05) is 29.0 Å². The highest BCUT2D eigenvalue weighted by atomic mass is 32.1. The molecule has 2 rings (SSSR count). The maximum absolute atomic E-state index is 10.8. The molecule has 2 aromatic rings. The van der Waals surface area contributed by atoms with Crippen molar-refractivity contribution < 1.29 is 4.79 Å². The molecule has 2 aromatic heterocycles. The van der Waals surface area contributed by atoms with Crippen molar-refractivity contribution in [3.8, 4) is 10.4 Å². The molecule has 0 aliphatic heterocycles. The minimum atomic E-state index is -0.354. The maximum Gasteiger partial charge on any atom is 0.258 e. The zero-order valence-electron chi connectivity index (χ0n) is 6.69. The van der Waals surface area contributed by atoms with Crippen LogP contribution in [-0.4, -0.2) is 5.91 Å². The fourth-order valence-electron chi connectivity index (χ4n) is 1.04. The Labute approximate surface area is 83.6 Å². The van der Waals surface area contributed by atoms with E-state index >= 15 is 0 Å². The number of carbonyl (C=O) groups excluding carboxylic acids is 1. The second-order valence-corrected chi connectivity index (χ2v) is 4.40. The first-order valence-corrected chi connectivity index (χ1v) is 5.45. The Bertz CT molecular complexity index is 417. The van der Waals surface area contributed by atoms with E-state index in [9.17, 15) is 4.79 Å². The molecule has 0 saturated heterocycles. The van der Waals surface area contributed by atoms with E-state index < -0.39 is 0 Å². The smallest absolute Gasteiger partial charge is 0.258 e. The maximum atomic E-state index is 10.8. The van der Waals surface area contributed by atoms with Gasteiger partial charge in [-0.25, -0.2) is 0 Å². The number of rotatable bonds is 2. The molecule has 4 heteroatoms. The number of hydrogen-bond acceptors (Lipinski definition) is 3. The third-order valence-electron chi connectivity index (χ3n) is 1.65. The molecular weight excluding hydrogens is 202 g/mol. The van der Waals surface area contributed by atoms with Crippen LogP contribution in [-0.2, 0) is 0 Å². The van der Waals surface area contributed by atoms with Crippen LogP contribution in [0.3, 0.4) is 0 Å². The average Bonchev–Trinajstić information content (AvgIpc) is 2.75. The van der Waals surface area contributed by atoms with Crippen LogP contribution in [0.15, 0.2) is 29.0 Å². The SMILES string of the molecule is NC(=O)c1cc(-c2cccs2)cs1. The summed E-state index contributed by atoms with van der Waals surface area (Å²) >= 11 is 3.04. The highest BCUT2D eigenvalue weighted by Gasteiger charge is 2.06. The van der Waals surface area contributed by atoms with Gasteiger partial charge in [-0.15, -0.1) is 22.7 Å². The van der Waals surface area contributed by atoms with E-state index in [-0.39, 0.29) is 5.91 Å². The Kier molecular flexibility index (Phi) is 2.16. The van der Waals surface area contributed by atoms with Gasteiger partial charge in [0.1, 0.15) is 0 Å². The summed E-state index contributed by atoms with van der Waals surface area (Å²) in [6.45, 7) is 0. The van der Waals surface area contributed by atoms with Gasteiger partial charge in [-0.3, -0.25) is 4.79 Å². The lowest BCUT2D eigenvalue weighted by Crippen LogP contribution is -2.08. The van der Waals surface area contributed by atoms with E-state index in [4.69, 9.17) is 5.73 Å². The Balaban J connectivity index is 2.39. The molecule has 0 aromatic carbocycles. The summed E-state index contributed by atoms with van der Waals surface area (Å²) in [5.41, 5.74) is 6.23. The summed E-state index contributed by atoms with van der Waals surface area (Å²) in [7, 11) is 0. The van der Waals surface area contributed by atoms with E-state index in [0.717, 1.165) is 5.56 Å². The van der Waals surface area contributed by atoms with Crippen LogP contribution in [0, 0.1) is 0 Å². The predicted molar refractivity (Wildman–Crippen MR) is 56.1 cm³/mol. The molecule has 2 nitrogen and oxygen atoms in total. The molecule has 0 radical (unpaired) electrons. The van der Waals surface area contributed by atoms with Gasteiger partial charge in [0.25, 0.3) is 5.91 Å². The van der Waals surface area contributed by atoms with Crippen LogP contribution in [0.4, 0.5) is 0 Å². The lowest BCUT2D eigenvalue weighted by Gasteiger charge is -1.87. The number of carbonyl (C=O) groups is 1. The number of thiophene rings is 2. The molecule has 0 spiro atoms. The van der Waals surface area contributed by atoms with E-state index in [1.165, 1.54) is 16.2 Å². The van der Waals surface area contributed by atoms with Crippen LogP contribution >= 0.6 is 22.7 Å². The third kappa shape index (κ3) is 1.64. The summed E-state index contributed by atoms with van der Waals surface area (Å²) in [5, 5.41) is 3.96. The molecule has 1 amide bonds. The van der Waals surface area contributed by atoms with Crippen LogP contribution in [0.5, 0.6) is 0 Å². The number of primary amides is 1.